The van der Waals surface area contributed by atoms with Gasteiger partial charge in [-0.05, 0) is 12.1 Å². The maximum atomic E-state index is 10.7. The van der Waals surface area contributed by atoms with Crippen LogP contribution in [0.3, 0.4) is 0 Å². The number of halogens is 1. The van der Waals surface area contributed by atoms with Crippen molar-refractivity contribution in [3.05, 3.63) is 34.9 Å². The Kier molecular flexibility index (Phi) is 2.40. The van der Waals surface area contributed by atoms with E-state index in [0.29, 0.717) is 11.2 Å². The molecule has 5 heteroatoms. The number of aromatic nitrogens is 3. The van der Waals surface area contributed by atoms with Crippen LogP contribution in [0.1, 0.15) is 0 Å². The van der Waals surface area contributed by atoms with Gasteiger partial charge in [0, 0.05) is 6.20 Å². The van der Waals surface area contributed by atoms with Crippen molar-refractivity contribution in [2.45, 2.75) is 0 Å². The molecule has 12 heavy (non-hydrogen) atoms. The van der Waals surface area contributed by atoms with Crippen molar-refractivity contribution in [2.75, 3.05) is 0 Å². The van der Waals surface area contributed by atoms with E-state index < -0.39 is 0 Å². The van der Waals surface area contributed by atoms with Gasteiger partial charge in [0.2, 0.25) is 0 Å². The Morgan fingerprint density at radius 2 is 2.17 bits per heavy atom. The van der Waals surface area contributed by atoms with Crippen LogP contribution in [0.2, 0.25) is 0 Å². The molecule has 2 aromatic rings. The van der Waals surface area contributed by atoms with Crippen LogP contribution in [0.5, 0.6) is 0 Å². The van der Waals surface area contributed by atoms with Crippen LogP contribution < -0.4 is 5.56 Å². The van der Waals surface area contributed by atoms with Crippen molar-refractivity contribution in [2.24, 2.45) is 0 Å². The van der Waals surface area contributed by atoms with Crippen LogP contribution in [0.15, 0.2) is 29.3 Å². The lowest BCUT2D eigenvalue weighted by atomic mass is 10.4. The minimum atomic E-state index is -0.203. The van der Waals surface area contributed by atoms with Gasteiger partial charge in [0.15, 0.2) is 5.65 Å². The third-order valence-corrected chi connectivity index (χ3v) is 1.35. The Hall–Kier alpha value is -1.42. The van der Waals surface area contributed by atoms with Gasteiger partial charge in [-0.1, -0.05) is 0 Å². The number of H-pyrrole nitrogens is 1. The van der Waals surface area contributed by atoms with Gasteiger partial charge in [0.1, 0.15) is 0 Å². The smallest absolute Gasteiger partial charge is 0.266 e. The Balaban J connectivity index is 0.000000720. The average Bonchev–Trinajstić information content (AvgIpc) is 2.04. The number of rotatable bonds is 0. The molecule has 2 rings (SSSR count). The van der Waals surface area contributed by atoms with Crippen LogP contribution in [0.4, 0.5) is 0 Å². The number of hydrogen-bond acceptors (Lipinski definition) is 3. The van der Waals surface area contributed by atoms with Crippen molar-refractivity contribution in [1.29, 1.82) is 0 Å². The molecule has 0 aliphatic heterocycles. The van der Waals surface area contributed by atoms with Gasteiger partial charge >= 0.3 is 0 Å². The lowest BCUT2D eigenvalue weighted by molar-refractivity contribution is 1.17. The van der Waals surface area contributed by atoms with E-state index in [9.17, 15) is 4.79 Å². The van der Waals surface area contributed by atoms with Gasteiger partial charge in [-0.3, -0.25) is 4.79 Å². The second-order valence-corrected chi connectivity index (χ2v) is 2.12. The number of aromatic amines is 1. The Labute approximate surface area is 74.1 Å². The van der Waals surface area contributed by atoms with Gasteiger partial charge in [-0.15, -0.1) is 12.4 Å². The summed E-state index contributed by atoms with van der Waals surface area (Å²) in [4.78, 5) is 21.1. The molecule has 0 amide bonds. The van der Waals surface area contributed by atoms with Crippen LogP contribution in [-0.4, -0.2) is 15.0 Å². The van der Waals surface area contributed by atoms with E-state index in [-0.39, 0.29) is 18.0 Å². The molecule has 0 saturated heterocycles. The first-order chi connectivity index (χ1) is 5.36. The lowest BCUT2D eigenvalue weighted by Crippen LogP contribution is -2.05. The van der Waals surface area contributed by atoms with Gasteiger partial charge in [-0.2, -0.15) is 0 Å². The fourth-order valence-corrected chi connectivity index (χ4v) is 0.882. The molecule has 0 aromatic carbocycles. The third kappa shape index (κ3) is 1.43. The monoisotopic (exact) mass is 183 g/mol. The first-order valence-electron chi connectivity index (χ1n) is 3.16. The fraction of sp³-hybridized carbons (Fsp3) is 0. The summed E-state index contributed by atoms with van der Waals surface area (Å²) in [6.45, 7) is 0. The van der Waals surface area contributed by atoms with E-state index >= 15 is 0 Å². The summed E-state index contributed by atoms with van der Waals surface area (Å²) in [7, 11) is 0. The van der Waals surface area contributed by atoms with E-state index in [1.807, 2.05) is 0 Å². The van der Waals surface area contributed by atoms with E-state index in [1.54, 1.807) is 18.3 Å². The maximum absolute atomic E-state index is 10.7. The lowest BCUT2D eigenvalue weighted by Gasteiger charge is -1.91. The van der Waals surface area contributed by atoms with Crippen LogP contribution in [-0.2, 0) is 0 Å². The Morgan fingerprint density at radius 1 is 1.33 bits per heavy atom. The van der Waals surface area contributed by atoms with Crippen molar-refractivity contribution >= 4 is 23.6 Å². The largest absolute Gasteiger partial charge is 0.318 e. The fourth-order valence-electron chi connectivity index (χ4n) is 0.882. The standard InChI is InChI=1S/C7H5N3O.ClH/c11-6-4-9-7-5(10-6)2-1-3-8-7;/h1-4H,(H,10,11);1H. The molecule has 2 aromatic heterocycles. The number of nitrogens with zero attached hydrogens (tertiary/aromatic N) is 2. The van der Waals surface area contributed by atoms with Crippen LogP contribution in [0, 0.1) is 0 Å². The summed E-state index contributed by atoms with van der Waals surface area (Å²) in [5, 5.41) is 0. The minimum Gasteiger partial charge on any atom is -0.318 e. The molecule has 0 fully saturated rings. The van der Waals surface area contributed by atoms with Crippen molar-refractivity contribution in [3.8, 4) is 0 Å². The summed E-state index contributed by atoms with van der Waals surface area (Å²) in [5.74, 6) is 0. The zero-order chi connectivity index (χ0) is 7.68. The number of fused-ring (bicyclic) bond motifs is 1. The molecule has 1 N–H and O–H groups in total. The van der Waals surface area contributed by atoms with Gasteiger partial charge in [0.05, 0.1) is 11.7 Å². The molecule has 0 spiro atoms. The molecule has 4 nitrogen and oxygen atoms in total. The second kappa shape index (κ2) is 3.32. The van der Waals surface area contributed by atoms with Crippen LogP contribution in [0.25, 0.3) is 11.2 Å². The Bertz CT molecular complexity index is 440. The SMILES string of the molecule is Cl.O=c1cnc2ncccc2[nH]1. The topological polar surface area (TPSA) is 58.6 Å². The summed E-state index contributed by atoms with van der Waals surface area (Å²) in [5.41, 5.74) is 1.03. The van der Waals surface area contributed by atoms with Gasteiger partial charge < -0.3 is 4.98 Å². The zero-order valence-corrected chi connectivity index (χ0v) is 6.84. The summed E-state index contributed by atoms with van der Waals surface area (Å²) in [6, 6.07) is 3.51. The third-order valence-electron chi connectivity index (χ3n) is 1.35. The normalized spacial score (nSPS) is 9.33. The van der Waals surface area contributed by atoms with E-state index in [0.717, 1.165) is 0 Å². The van der Waals surface area contributed by atoms with E-state index in [1.165, 1.54) is 6.20 Å². The number of nitrogens with one attached hydrogen (secondary N) is 1. The molecule has 0 bridgehead atoms. The molecule has 0 atom stereocenters. The highest BCUT2D eigenvalue weighted by atomic mass is 35.5. The highest BCUT2D eigenvalue weighted by molar-refractivity contribution is 5.85. The predicted molar refractivity (Wildman–Crippen MR) is 47.4 cm³/mol. The van der Waals surface area contributed by atoms with E-state index in [2.05, 4.69) is 15.0 Å². The average molecular weight is 184 g/mol. The summed E-state index contributed by atoms with van der Waals surface area (Å²) in [6.07, 6.45) is 2.85. The summed E-state index contributed by atoms with van der Waals surface area (Å²) >= 11 is 0. The summed E-state index contributed by atoms with van der Waals surface area (Å²) < 4.78 is 0. The van der Waals surface area contributed by atoms with Gasteiger partial charge in [0.25, 0.3) is 5.56 Å². The van der Waals surface area contributed by atoms with Crippen molar-refractivity contribution in [3.63, 3.8) is 0 Å². The van der Waals surface area contributed by atoms with Crippen LogP contribution >= 0.6 is 12.4 Å². The number of pyridine rings is 1. The second-order valence-electron chi connectivity index (χ2n) is 2.12. The molecule has 0 aliphatic rings. The maximum Gasteiger partial charge on any atom is 0.266 e. The predicted octanol–water partition coefficient (Wildman–Crippen LogP) is 0.740. The minimum absolute atomic E-state index is 0. The molecular weight excluding hydrogens is 178 g/mol. The molecule has 0 saturated carbocycles. The van der Waals surface area contributed by atoms with E-state index in [4.69, 9.17) is 0 Å². The first-order valence-corrected chi connectivity index (χ1v) is 3.16. The number of hydrogen-bond donors (Lipinski definition) is 1. The first kappa shape index (κ1) is 8.67. The highest BCUT2D eigenvalue weighted by Crippen LogP contribution is 1.98. The molecule has 0 radical (unpaired) electrons. The molecule has 0 unspecified atom stereocenters. The molecule has 0 aliphatic carbocycles. The highest BCUT2D eigenvalue weighted by Gasteiger charge is 1.92. The molecular formula is C7H6ClN3O. The van der Waals surface area contributed by atoms with Gasteiger partial charge in [-0.25, -0.2) is 9.97 Å². The molecule has 2 heterocycles. The molecule has 62 valence electrons. The Morgan fingerprint density at radius 3 is 3.00 bits per heavy atom. The van der Waals surface area contributed by atoms with Crippen molar-refractivity contribution < 1.29 is 0 Å². The quantitative estimate of drug-likeness (QED) is 0.656. The zero-order valence-electron chi connectivity index (χ0n) is 6.02. The van der Waals surface area contributed by atoms with Crippen molar-refractivity contribution in [1.82, 2.24) is 15.0 Å².